The summed E-state index contributed by atoms with van der Waals surface area (Å²) >= 11 is 0. The van der Waals surface area contributed by atoms with Crippen LogP contribution in [0.15, 0.2) is 53.4 Å². The second-order valence-electron chi connectivity index (χ2n) is 8.22. The molecule has 8 nitrogen and oxygen atoms in total. The van der Waals surface area contributed by atoms with Gasteiger partial charge in [-0.3, -0.25) is 9.59 Å². The molecule has 1 fully saturated rings. The minimum absolute atomic E-state index is 0.0379. The maximum atomic E-state index is 13.0. The quantitative estimate of drug-likeness (QED) is 0.423. The molecule has 2 aromatic carbocycles. The van der Waals surface area contributed by atoms with Crippen LogP contribution in [0.2, 0.25) is 0 Å². The van der Waals surface area contributed by atoms with Gasteiger partial charge in [0.05, 0.1) is 10.5 Å². The van der Waals surface area contributed by atoms with Gasteiger partial charge in [-0.1, -0.05) is 25.8 Å². The van der Waals surface area contributed by atoms with Crippen LogP contribution in [0.1, 0.15) is 66.2 Å². The van der Waals surface area contributed by atoms with Crippen LogP contribution in [-0.2, 0) is 19.6 Å². The third kappa shape index (κ3) is 6.74. The number of nitrogens with zero attached hydrogens (tertiary/aromatic N) is 1. The maximum Gasteiger partial charge on any atom is 0.338 e. The summed E-state index contributed by atoms with van der Waals surface area (Å²) in [6, 6.07) is 12.0. The fourth-order valence-electron chi connectivity index (χ4n) is 3.70. The number of ether oxygens (including phenoxy) is 1. The minimum Gasteiger partial charge on any atom is -0.454 e. The van der Waals surface area contributed by atoms with Crippen molar-refractivity contribution in [2.24, 2.45) is 0 Å². The number of hydrogen-bond acceptors (Lipinski definition) is 6. The summed E-state index contributed by atoms with van der Waals surface area (Å²) < 4.78 is 32.6. The van der Waals surface area contributed by atoms with Gasteiger partial charge in [0.25, 0.3) is 0 Å². The fraction of sp³-hybridized carbons (Fsp3) is 0.400. The topological polar surface area (TPSA) is 110 Å². The van der Waals surface area contributed by atoms with Crippen LogP contribution in [-0.4, -0.2) is 50.1 Å². The van der Waals surface area contributed by atoms with Crippen LogP contribution < -0.4 is 5.32 Å². The van der Waals surface area contributed by atoms with Gasteiger partial charge in [-0.15, -0.1) is 0 Å². The van der Waals surface area contributed by atoms with Gasteiger partial charge in [-0.2, -0.15) is 4.31 Å². The molecule has 0 aliphatic carbocycles. The first-order chi connectivity index (χ1) is 16.3. The van der Waals surface area contributed by atoms with E-state index >= 15 is 0 Å². The fourth-order valence-corrected chi connectivity index (χ4v) is 5.27. The lowest BCUT2D eigenvalue weighted by Crippen LogP contribution is -2.32. The number of benzene rings is 2. The Balaban J connectivity index is 1.60. The number of Topliss-reactive ketones (excluding diaryl/α,β-unsaturated/α-hetero) is 1. The van der Waals surface area contributed by atoms with E-state index in [1.54, 1.807) is 24.3 Å². The highest BCUT2D eigenvalue weighted by Gasteiger charge is 2.26. The van der Waals surface area contributed by atoms with Gasteiger partial charge in [-0.05, 0) is 61.7 Å². The predicted molar refractivity (Wildman–Crippen MR) is 128 cm³/mol. The Morgan fingerprint density at radius 2 is 1.62 bits per heavy atom. The average molecular weight is 487 g/mol. The van der Waals surface area contributed by atoms with Gasteiger partial charge in [0.15, 0.2) is 12.4 Å². The predicted octanol–water partition coefficient (Wildman–Crippen LogP) is 4.03. The number of carbonyl (C=O) groups is 3. The molecule has 0 radical (unpaired) electrons. The number of amides is 1. The molecule has 1 N–H and O–H groups in total. The molecular formula is C25H30N2O6S. The molecule has 0 bridgehead atoms. The first-order valence-corrected chi connectivity index (χ1v) is 13.0. The molecule has 0 unspecified atom stereocenters. The Hall–Kier alpha value is -3.04. The number of esters is 1. The Morgan fingerprint density at radius 1 is 0.941 bits per heavy atom. The summed E-state index contributed by atoms with van der Waals surface area (Å²) in [6.07, 6.45) is 4.79. The number of sulfonamides is 1. The lowest BCUT2D eigenvalue weighted by molar-refractivity contribution is -0.116. The van der Waals surface area contributed by atoms with Gasteiger partial charge < -0.3 is 10.1 Å². The highest BCUT2D eigenvalue weighted by atomic mass is 32.2. The van der Waals surface area contributed by atoms with E-state index in [0.717, 1.165) is 32.1 Å². The van der Waals surface area contributed by atoms with Crippen molar-refractivity contribution in [3.63, 3.8) is 0 Å². The number of carbonyl (C=O) groups excluding carboxylic acids is 3. The summed E-state index contributed by atoms with van der Waals surface area (Å²) in [7, 11) is -3.70. The molecule has 0 saturated carbocycles. The van der Waals surface area contributed by atoms with Crippen molar-refractivity contribution in [1.29, 1.82) is 0 Å². The molecule has 1 amide bonds. The summed E-state index contributed by atoms with van der Waals surface area (Å²) in [4.78, 5) is 36.6. The van der Waals surface area contributed by atoms with Crippen LogP contribution in [0.5, 0.6) is 0 Å². The van der Waals surface area contributed by atoms with Crippen LogP contribution in [0.25, 0.3) is 0 Å². The van der Waals surface area contributed by atoms with Crippen molar-refractivity contribution in [3.8, 4) is 0 Å². The summed E-state index contributed by atoms with van der Waals surface area (Å²) in [5.74, 6) is -1.28. The Kier molecular flexibility index (Phi) is 8.95. The summed E-state index contributed by atoms with van der Waals surface area (Å²) in [6.45, 7) is 2.36. The Labute approximate surface area is 200 Å². The van der Waals surface area contributed by atoms with Crippen LogP contribution in [0, 0.1) is 0 Å². The second kappa shape index (κ2) is 11.9. The van der Waals surface area contributed by atoms with Crippen molar-refractivity contribution in [1.82, 2.24) is 4.31 Å². The lowest BCUT2D eigenvalue weighted by atomic mass is 10.1. The van der Waals surface area contributed by atoms with Gasteiger partial charge in [0.2, 0.25) is 15.9 Å². The number of hydrogen-bond donors (Lipinski definition) is 1. The number of nitrogens with one attached hydrogen (secondary N) is 1. The van der Waals surface area contributed by atoms with Crippen LogP contribution in [0.3, 0.4) is 0 Å². The molecule has 0 atom stereocenters. The molecule has 0 spiro atoms. The number of anilines is 1. The molecule has 1 aliphatic rings. The Morgan fingerprint density at radius 3 is 2.26 bits per heavy atom. The first-order valence-electron chi connectivity index (χ1n) is 11.5. The van der Waals surface area contributed by atoms with Crippen LogP contribution in [0.4, 0.5) is 5.69 Å². The smallest absolute Gasteiger partial charge is 0.338 e. The SMILES string of the molecule is CCCC(=O)Nc1ccc(C(=O)COC(=O)c2cccc(S(=O)(=O)N3CCCCCC3)c2)cc1. The molecule has 2 aromatic rings. The first kappa shape index (κ1) is 25.6. The lowest BCUT2D eigenvalue weighted by Gasteiger charge is -2.20. The van der Waals surface area contributed by atoms with E-state index < -0.39 is 28.4 Å². The molecule has 0 aromatic heterocycles. The highest BCUT2D eigenvalue weighted by Crippen LogP contribution is 2.21. The van der Waals surface area contributed by atoms with E-state index in [-0.39, 0.29) is 16.4 Å². The summed E-state index contributed by atoms with van der Waals surface area (Å²) in [5.41, 5.74) is 0.978. The van der Waals surface area contributed by atoms with Crippen LogP contribution >= 0.6 is 0 Å². The molecule has 34 heavy (non-hydrogen) atoms. The van der Waals surface area contributed by atoms with Gasteiger partial charge in [-0.25, -0.2) is 13.2 Å². The largest absolute Gasteiger partial charge is 0.454 e. The van der Waals surface area contributed by atoms with Gasteiger partial charge in [0.1, 0.15) is 0 Å². The third-order valence-electron chi connectivity index (χ3n) is 5.57. The molecule has 182 valence electrons. The highest BCUT2D eigenvalue weighted by molar-refractivity contribution is 7.89. The second-order valence-corrected chi connectivity index (χ2v) is 10.2. The summed E-state index contributed by atoms with van der Waals surface area (Å²) in [5, 5.41) is 2.74. The molecular weight excluding hydrogens is 456 g/mol. The van der Waals surface area contributed by atoms with E-state index in [1.165, 1.54) is 28.6 Å². The normalized spacial score (nSPS) is 14.7. The van der Waals surface area contributed by atoms with Gasteiger partial charge in [0, 0.05) is 30.8 Å². The third-order valence-corrected chi connectivity index (χ3v) is 7.47. The number of ketones is 1. The standard InChI is InChI=1S/C25H30N2O6S/c1-2-8-24(29)26-21-13-11-19(12-14-21)23(28)18-33-25(30)20-9-7-10-22(17-20)34(31,32)27-15-5-3-4-6-16-27/h7,9-14,17H,2-6,8,15-16,18H2,1H3,(H,26,29). The molecule has 3 rings (SSSR count). The van der Waals surface area contributed by atoms with E-state index in [2.05, 4.69) is 5.32 Å². The van der Waals surface area contributed by atoms with Crippen molar-refractivity contribution in [2.45, 2.75) is 50.3 Å². The molecule has 9 heteroatoms. The van der Waals surface area contributed by atoms with E-state index in [9.17, 15) is 22.8 Å². The molecule has 1 saturated heterocycles. The van der Waals surface area contributed by atoms with E-state index in [4.69, 9.17) is 4.74 Å². The Bertz CT molecular complexity index is 1120. The minimum atomic E-state index is -3.70. The zero-order chi connectivity index (χ0) is 24.6. The maximum absolute atomic E-state index is 13.0. The van der Waals surface area contributed by atoms with Crippen molar-refractivity contribution >= 4 is 33.4 Å². The zero-order valence-corrected chi connectivity index (χ0v) is 20.1. The number of rotatable bonds is 9. The average Bonchev–Trinajstić information content (AvgIpc) is 3.13. The van der Waals surface area contributed by atoms with Crippen molar-refractivity contribution in [2.75, 3.05) is 25.0 Å². The molecule has 1 heterocycles. The van der Waals surface area contributed by atoms with Gasteiger partial charge >= 0.3 is 5.97 Å². The molecule has 1 aliphatic heterocycles. The zero-order valence-electron chi connectivity index (χ0n) is 19.3. The monoisotopic (exact) mass is 486 g/mol. The van der Waals surface area contributed by atoms with E-state index in [0.29, 0.717) is 30.8 Å². The van der Waals surface area contributed by atoms with Crippen molar-refractivity contribution in [3.05, 3.63) is 59.7 Å². The van der Waals surface area contributed by atoms with Crippen molar-refractivity contribution < 1.29 is 27.5 Å². The van der Waals surface area contributed by atoms with E-state index in [1.807, 2.05) is 6.92 Å².